The van der Waals surface area contributed by atoms with Crippen LogP contribution in [-0.4, -0.2) is 18.0 Å². The van der Waals surface area contributed by atoms with Crippen molar-refractivity contribution in [3.8, 4) is 33.6 Å². The molecule has 0 aliphatic carbocycles. The third-order valence-electron chi connectivity index (χ3n) is 8.88. The monoisotopic (exact) mass is 837 g/mol. The van der Waals surface area contributed by atoms with E-state index in [9.17, 15) is 0 Å². The van der Waals surface area contributed by atoms with Crippen molar-refractivity contribution in [2.45, 2.75) is 66.6 Å². The quantitative estimate of drug-likeness (QED) is 0.131. The third kappa shape index (κ3) is 7.86. The van der Waals surface area contributed by atoms with Gasteiger partial charge in [-0.1, -0.05) is 125 Å². The van der Waals surface area contributed by atoms with E-state index in [-0.39, 0.29) is 25.5 Å². The smallest absolute Gasteiger partial charge is 0.121 e. The van der Waals surface area contributed by atoms with E-state index < -0.39 is 8.07 Å². The van der Waals surface area contributed by atoms with Crippen LogP contribution in [0.1, 0.15) is 43.0 Å². The van der Waals surface area contributed by atoms with Gasteiger partial charge < -0.3 is 14.4 Å². The Balaban J connectivity index is 0.000000205. The molecule has 0 spiro atoms. The number of benzene rings is 4. The molecule has 0 aliphatic rings. The molecule has 1 radical (unpaired) electrons. The molecular weight excluding hydrogens is 793 g/mol. The number of pyridine rings is 2. The molecule has 7 rings (SSSR count). The Hall–Kier alpha value is -4.15. The summed E-state index contributed by atoms with van der Waals surface area (Å²) in [5, 5.41) is 3.65. The van der Waals surface area contributed by atoms with Gasteiger partial charge in [0, 0.05) is 37.9 Å². The van der Waals surface area contributed by atoms with Crippen molar-refractivity contribution in [2.24, 2.45) is 0 Å². The van der Waals surface area contributed by atoms with Gasteiger partial charge in [-0.2, -0.15) is 0 Å². The molecule has 0 N–H and O–H groups in total. The van der Waals surface area contributed by atoms with Crippen molar-refractivity contribution in [3.05, 3.63) is 138 Å². The zero-order valence-corrected chi connectivity index (χ0v) is 33.3. The van der Waals surface area contributed by atoms with Gasteiger partial charge in [0.05, 0.1) is 13.7 Å². The minimum absolute atomic E-state index is 0. The average molecular weight is 837 g/mol. The van der Waals surface area contributed by atoms with Crippen LogP contribution in [0.3, 0.4) is 0 Å². The Labute approximate surface area is 306 Å². The average Bonchev–Trinajstić information content (AvgIpc) is 3.43. The van der Waals surface area contributed by atoms with Crippen LogP contribution >= 0.6 is 0 Å². The Morgan fingerprint density at radius 3 is 2.10 bits per heavy atom. The van der Waals surface area contributed by atoms with E-state index in [1.807, 2.05) is 24.4 Å². The van der Waals surface area contributed by atoms with Gasteiger partial charge in [0.25, 0.3) is 0 Å². The second-order valence-corrected chi connectivity index (χ2v) is 19.9. The molecule has 7 aromatic rings. The van der Waals surface area contributed by atoms with E-state index in [2.05, 4.69) is 162 Å². The van der Waals surface area contributed by atoms with Crippen molar-refractivity contribution >= 4 is 35.2 Å². The molecule has 3 heterocycles. The maximum absolute atomic E-state index is 6.35. The van der Waals surface area contributed by atoms with Crippen LogP contribution < -0.4 is 5.19 Å². The van der Waals surface area contributed by atoms with Gasteiger partial charge in [0.15, 0.2) is 0 Å². The van der Waals surface area contributed by atoms with Crippen LogP contribution in [0.5, 0.6) is 0 Å². The second kappa shape index (κ2) is 14.4. The van der Waals surface area contributed by atoms with Crippen molar-refractivity contribution < 1.29 is 24.5 Å². The summed E-state index contributed by atoms with van der Waals surface area (Å²) >= 11 is 0. The van der Waals surface area contributed by atoms with Crippen LogP contribution in [0.25, 0.3) is 55.6 Å². The maximum Gasteiger partial charge on any atom is 0.121 e. The predicted octanol–water partition coefficient (Wildman–Crippen LogP) is 11.4. The van der Waals surface area contributed by atoms with Crippen molar-refractivity contribution in [2.75, 3.05) is 0 Å². The maximum atomic E-state index is 6.35. The van der Waals surface area contributed by atoms with E-state index in [1.54, 1.807) is 0 Å². The summed E-state index contributed by atoms with van der Waals surface area (Å²) in [5.41, 5.74) is 13.2. The fraction of sp³-hybridized carbons (Fsp3) is 0.227. The molecule has 0 aliphatic heterocycles. The van der Waals surface area contributed by atoms with Crippen LogP contribution in [0.15, 0.2) is 108 Å². The molecule has 5 heteroatoms. The van der Waals surface area contributed by atoms with Crippen molar-refractivity contribution in [1.29, 1.82) is 0 Å². The minimum atomic E-state index is -1.30. The molecule has 0 atom stereocenters. The fourth-order valence-corrected chi connectivity index (χ4v) is 7.99. The van der Waals surface area contributed by atoms with Gasteiger partial charge in [-0.25, -0.2) is 0 Å². The Morgan fingerprint density at radius 1 is 0.694 bits per heavy atom. The normalized spacial score (nSPS) is 11.6. The summed E-state index contributed by atoms with van der Waals surface area (Å²) in [6.07, 6.45) is 3.95. The summed E-state index contributed by atoms with van der Waals surface area (Å²) in [6.45, 7) is 20.1. The number of furan rings is 1. The van der Waals surface area contributed by atoms with Crippen LogP contribution in [-0.2, 0) is 25.5 Å². The minimum Gasteiger partial charge on any atom is -0.501 e. The molecule has 0 saturated carbocycles. The number of aryl methyl sites for hydroxylation is 3. The first kappa shape index (κ1) is 36.1. The number of nitrogens with zero attached hydrogens (tertiary/aromatic N) is 2. The van der Waals surface area contributed by atoms with Crippen LogP contribution in [0.4, 0.5) is 0 Å². The molecule has 3 aromatic heterocycles. The first-order chi connectivity index (χ1) is 22.8. The molecule has 0 fully saturated rings. The molecule has 0 bridgehead atoms. The number of rotatable bonds is 4. The van der Waals surface area contributed by atoms with Crippen LogP contribution in [0.2, 0.25) is 19.6 Å². The van der Waals surface area contributed by atoms with Gasteiger partial charge in [-0.3, -0.25) is 0 Å². The van der Waals surface area contributed by atoms with E-state index in [1.165, 1.54) is 33.0 Å². The summed E-state index contributed by atoms with van der Waals surface area (Å²) in [6, 6.07) is 38.2. The largest absolute Gasteiger partial charge is 0.501 e. The fourth-order valence-electron chi connectivity index (χ4n) is 6.28. The van der Waals surface area contributed by atoms with Gasteiger partial charge in [0.2, 0.25) is 0 Å². The number of fused-ring (bicyclic) bond motifs is 3. The number of hydrogen-bond donors (Lipinski definition) is 0. The molecule has 0 unspecified atom stereocenters. The molecular formula is C44H44IrN2OSi-2. The molecule has 251 valence electrons. The Bertz CT molecular complexity index is 2240. The first-order valence-corrected chi connectivity index (χ1v) is 20.2. The predicted molar refractivity (Wildman–Crippen MR) is 206 cm³/mol. The van der Waals surface area contributed by atoms with Gasteiger partial charge >= 0.3 is 0 Å². The van der Waals surface area contributed by atoms with E-state index in [0.29, 0.717) is 0 Å². The summed E-state index contributed by atoms with van der Waals surface area (Å²) in [4.78, 5) is 9.29. The third-order valence-corrected chi connectivity index (χ3v) is 11.0. The first-order valence-electron chi connectivity index (χ1n) is 16.7. The van der Waals surface area contributed by atoms with Crippen molar-refractivity contribution in [1.82, 2.24) is 9.97 Å². The van der Waals surface area contributed by atoms with Crippen molar-refractivity contribution in [3.63, 3.8) is 0 Å². The molecule has 49 heavy (non-hydrogen) atoms. The molecule has 0 amide bonds. The van der Waals surface area contributed by atoms with Gasteiger partial charge in [-0.05, 0) is 57.7 Å². The number of hydrogen-bond acceptors (Lipinski definition) is 3. The topological polar surface area (TPSA) is 38.9 Å². The SMILES string of the molecule is CC(C)(C)c1ccnc(-c2[c-]ccc3c2oc2cc(-c4ccccc4)ccc23)c1.Cc1c[c-]c(-c2cc(C)c([Si](C)(C)C)cn2)c(C)c1.[Ir]. The summed E-state index contributed by atoms with van der Waals surface area (Å²) in [7, 11) is -1.30. The number of aromatic nitrogens is 2. The van der Waals surface area contributed by atoms with E-state index in [4.69, 9.17) is 4.42 Å². The molecule has 3 nitrogen and oxygen atoms in total. The summed E-state index contributed by atoms with van der Waals surface area (Å²) in [5.74, 6) is 0. The zero-order chi connectivity index (χ0) is 34.2. The standard InChI is InChI=1S/C27H22NO.C17H22NSi.Ir/c1-27(2,3)20-14-15-28-24(17-20)23-11-7-10-22-21-13-12-19(16-25(21)29-26(22)23)18-8-5-4-6-9-18;1-12-7-8-15(13(2)9-12)16-10-14(3)17(11-18-16)19(4,5)6;/h4-10,12-17H,1-3H3;7,9-11H,1-6H3;/q2*-1;. The molecule has 4 aromatic carbocycles. The zero-order valence-electron chi connectivity index (χ0n) is 30.0. The Kier molecular flexibility index (Phi) is 10.6. The van der Waals surface area contributed by atoms with Crippen LogP contribution in [0, 0.1) is 32.9 Å². The van der Waals surface area contributed by atoms with E-state index in [0.717, 1.165) is 50.0 Å². The summed E-state index contributed by atoms with van der Waals surface area (Å²) < 4.78 is 6.35. The second-order valence-electron chi connectivity index (χ2n) is 14.8. The van der Waals surface area contributed by atoms with Gasteiger partial charge in [-0.15, -0.1) is 53.1 Å². The Morgan fingerprint density at radius 2 is 1.43 bits per heavy atom. The van der Waals surface area contributed by atoms with Gasteiger partial charge in [0.1, 0.15) is 5.58 Å². The molecule has 0 saturated heterocycles. The van der Waals surface area contributed by atoms with E-state index >= 15 is 0 Å².